The van der Waals surface area contributed by atoms with Crippen LogP contribution >= 0.6 is 11.8 Å². The van der Waals surface area contributed by atoms with E-state index in [0.29, 0.717) is 30.3 Å². The van der Waals surface area contributed by atoms with Crippen molar-refractivity contribution in [3.8, 4) is 0 Å². The number of amides is 2. The Balaban J connectivity index is 1.39. The summed E-state index contributed by atoms with van der Waals surface area (Å²) in [5, 5.41) is 23.2. The normalized spacial score (nSPS) is 35.3. The molecule has 0 bridgehead atoms. The van der Waals surface area contributed by atoms with Crippen LogP contribution in [0, 0.1) is 17.8 Å². The maximum Gasteiger partial charge on any atom is 0.353 e. The highest BCUT2D eigenvalue weighted by Crippen LogP contribution is 2.51. The lowest BCUT2D eigenvalue weighted by atomic mass is 9.79. The molecule has 0 radical (unpaired) electrons. The Morgan fingerprint density at radius 2 is 2.12 bits per heavy atom. The molecule has 4 aliphatic rings. The fraction of sp³-hybridized carbons (Fsp3) is 0.773. The van der Waals surface area contributed by atoms with Crippen LogP contribution in [0.5, 0.6) is 0 Å². The van der Waals surface area contributed by atoms with Gasteiger partial charge in [-0.25, -0.2) is 4.79 Å². The summed E-state index contributed by atoms with van der Waals surface area (Å²) in [7, 11) is 0. The average molecular weight is 467 g/mol. The summed E-state index contributed by atoms with van der Waals surface area (Å²) in [6.45, 7) is 6.38. The fourth-order valence-corrected chi connectivity index (χ4v) is 7.21. The zero-order valence-electron chi connectivity index (χ0n) is 18.7. The average Bonchev–Trinajstić information content (AvgIpc) is 3.45. The van der Waals surface area contributed by atoms with Crippen LogP contribution in [0.25, 0.3) is 0 Å². The number of likely N-dealkylation sites (tertiary alicyclic amines) is 1. The van der Waals surface area contributed by atoms with E-state index in [2.05, 4.69) is 5.32 Å². The number of carboxylic acids is 1. The summed E-state index contributed by atoms with van der Waals surface area (Å²) in [6, 6.07) is -0.562. The third-order valence-corrected chi connectivity index (χ3v) is 8.92. The van der Waals surface area contributed by atoms with Crippen molar-refractivity contribution in [3.05, 3.63) is 10.6 Å². The molecule has 2 amide bonds. The number of β-lactam (4-membered cyclic amide) rings is 1. The molecule has 0 aromatic heterocycles. The molecule has 3 fully saturated rings. The zero-order valence-corrected chi connectivity index (χ0v) is 19.5. The topological polar surface area (TPSA) is 136 Å². The van der Waals surface area contributed by atoms with E-state index in [0.717, 1.165) is 32.4 Å². The van der Waals surface area contributed by atoms with Crippen molar-refractivity contribution in [2.24, 2.45) is 23.5 Å². The van der Waals surface area contributed by atoms with Gasteiger partial charge >= 0.3 is 5.97 Å². The number of hydrogen-bond acceptors (Lipinski definition) is 7. The molecular weight excluding hydrogens is 432 g/mol. The number of nitrogens with two attached hydrogens (primary N) is 1. The van der Waals surface area contributed by atoms with E-state index in [-0.39, 0.29) is 40.8 Å². The molecule has 3 unspecified atom stereocenters. The van der Waals surface area contributed by atoms with Gasteiger partial charge in [0.1, 0.15) is 5.70 Å². The number of rotatable bonds is 8. The number of nitrogens with one attached hydrogen (secondary N) is 1. The number of nitrogens with zero attached hydrogens (tertiary/aromatic N) is 2. The third-order valence-electron chi connectivity index (χ3n) is 7.41. The fourth-order valence-electron chi connectivity index (χ4n) is 5.73. The number of carboxylic acid groups (broad SMARTS) is 1. The number of aliphatic hydroxyl groups is 1. The van der Waals surface area contributed by atoms with E-state index >= 15 is 0 Å². The Labute approximate surface area is 192 Å². The van der Waals surface area contributed by atoms with Gasteiger partial charge in [-0.1, -0.05) is 6.92 Å². The van der Waals surface area contributed by atoms with Crippen LogP contribution in [0.3, 0.4) is 0 Å². The van der Waals surface area contributed by atoms with Gasteiger partial charge in [0.25, 0.3) is 0 Å². The molecule has 0 aromatic rings. The largest absolute Gasteiger partial charge is 0.477 e. The van der Waals surface area contributed by atoms with Crippen molar-refractivity contribution in [2.45, 2.75) is 63.0 Å². The lowest BCUT2D eigenvalue weighted by Gasteiger charge is -2.46. The Bertz CT molecular complexity index is 818. The standard InChI is InChI=1S/C22H34N4O5S/c1-11-17-16(12(2)27)21(29)26(17)18(22(30)31)19(11)32-14-8-15(24-9-14)20(28)25-7-5-13(10-25)4-3-6-23/h11-17,24,27H,3-10,23H2,1-2H3,(H,30,31)/t11-,12-,13?,14+,15+,16?,17?/m1/s1. The monoisotopic (exact) mass is 466 g/mol. The van der Waals surface area contributed by atoms with Gasteiger partial charge in [0.05, 0.1) is 24.1 Å². The molecule has 9 nitrogen and oxygen atoms in total. The number of carbonyl (C=O) groups is 3. The van der Waals surface area contributed by atoms with Crippen molar-refractivity contribution in [3.63, 3.8) is 0 Å². The van der Waals surface area contributed by atoms with Crippen molar-refractivity contribution < 1.29 is 24.6 Å². The van der Waals surface area contributed by atoms with Gasteiger partial charge < -0.3 is 31.1 Å². The quantitative estimate of drug-likeness (QED) is 0.372. The van der Waals surface area contributed by atoms with E-state index in [9.17, 15) is 24.6 Å². The maximum atomic E-state index is 13.0. The molecule has 0 aromatic carbocycles. The van der Waals surface area contributed by atoms with Crippen LogP contribution in [0.15, 0.2) is 10.6 Å². The number of aliphatic hydroxyl groups excluding tert-OH is 1. The van der Waals surface area contributed by atoms with E-state index < -0.39 is 18.0 Å². The SMILES string of the molecule is C[C@@H](O)C1C(=O)N2C(C(=O)O)=C(S[C@@H]3CN[C@H](C(=O)N4CCC(CCCN)C4)C3)[C@H](C)C12. The summed E-state index contributed by atoms with van der Waals surface area (Å²) in [5.41, 5.74) is 5.65. The maximum absolute atomic E-state index is 13.0. The predicted molar refractivity (Wildman–Crippen MR) is 120 cm³/mol. The second-order valence-electron chi connectivity index (χ2n) is 9.58. The molecule has 0 saturated carbocycles. The van der Waals surface area contributed by atoms with Crippen LogP contribution in [-0.4, -0.2) is 87.4 Å². The molecular formula is C22H34N4O5S. The van der Waals surface area contributed by atoms with Gasteiger partial charge in [-0.05, 0) is 45.1 Å². The van der Waals surface area contributed by atoms with Gasteiger partial charge in [0, 0.05) is 35.7 Å². The molecule has 0 aliphatic carbocycles. The first kappa shape index (κ1) is 23.5. The first-order valence-electron chi connectivity index (χ1n) is 11.6. The first-order chi connectivity index (χ1) is 15.2. The van der Waals surface area contributed by atoms with Gasteiger partial charge in [0.2, 0.25) is 11.8 Å². The summed E-state index contributed by atoms with van der Waals surface area (Å²) in [5.74, 6) is -1.49. The highest BCUT2D eigenvalue weighted by atomic mass is 32.2. The second kappa shape index (κ2) is 9.32. The minimum atomic E-state index is -1.11. The minimum Gasteiger partial charge on any atom is -0.477 e. The molecule has 3 saturated heterocycles. The first-order valence-corrected chi connectivity index (χ1v) is 12.5. The Hall–Kier alpha value is -1.62. The Morgan fingerprint density at radius 3 is 2.78 bits per heavy atom. The van der Waals surface area contributed by atoms with Crippen molar-refractivity contribution in [1.29, 1.82) is 0 Å². The summed E-state index contributed by atoms with van der Waals surface area (Å²) >= 11 is 1.47. The number of hydrogen-bond donors (Lipinski definition) is 4. The van der Waals surface area contributed by atoms with Crippen LogP contribution in [-0.2, 0) is 14.4 Å². The molecule has 7 atom stereocenters. The lowest BCUT2D eigenvalue weighted by Crippen LogP contribution is -2.63. The van der Waals surface area contributed by atoms with Crippen LogP contribution in [0.2, 0.25) is 0 Å². The number of thioether (sulfide) groups is 1. The number of carbonyl (C=O) groups excluding carboxylic acids is 2. The lowest BCUT2D eigenvalue weighted by molar-refractivity contribution is -0.163. The molecule has 0 spiro atoms. The number of aliphatic carboxylic acids is 1. The second-order valence-corrected chi connectivity index (χ2v) is 10.9. The molecule has 32 heavy (non-hydrogen) atoms. The summed E-state index contributed by atoms with van der Waals surface area (Å²) < 4.78 is 0. The molecule has 5 N–H and O–H groups in total. The highest BCUT2D eigenvalue weighted by Gasteiger charge is 2.60. The molecule has 4 aliphatic heterocycles. The highest BCUT2D eigenvalue weighted by molar-refractivity contribution is 8.03. The minimum absolute atomic E-state index is 0.0477. The Morgan fingerprint density at radius 1 is 1.38 bits per heavy atom. The summed E-state index contributed by atoms with van der Waals surface area (Å²) in [4.78, 5) is 41.5. The smallest absolute Gasteiger partial charge is 0.353 e. The van der Waals surface area contributed by atoms with Gasteiger partial charge in [0.15, 0.2) is 0 Å². The van der Waals surface area contributed by atoms with Gasteiger partial charge in [-0.15, -0.1) is 11.8 Å². The third kappa shape index (κ3) is 4.06. The van der Waals surface area contributed by atoms with Crippen LogP contribution in [0.1, 0.15) is 39.5 Å². The van der Waals surface area contributed by atoms with E-state index in [1.165, 1.54) is 16.7 Å². The molecule has 10 heteroatoms. The summed E-state index contributed by atoms with van der Waals surface area (Å²) in [6.07, 6.45) is 2.90. The van der Waals surface area contributed by atoms with E-state index in [1.54, 1.807) is 6.92 Å². The predicted octanol–water partition coefficient (Wildman–Crippen LogP) is 0.191. The number of fused-ring (bicyclic) bond motifs is 1. The molecule has 4 heterocycles. The molecule has 178 valence electrons. The van der Waals surface area contributed by atoms with Crippen molar-refractivity contribution in [2.75, 3.05) is 26.2 Å². The zero-order chi connectivity index (χ0) is 23.2. The van der Waals surface area contributed by atoms with Crippen molar-refractivity contribution in [1.82, 2.24) is 15.1 Å². The van der Waals surface area contributed by atoms with Crippen molar-refractivity contribution >= 4 is 29.5 Å². The molecule has 4 rings (SSSR count). The Kier molecular flexibility index (Phi) is 6.86. The van der Waals surface area contributed by atoms with Gasteiger partial charge in [-0.2, -0.15) is 0 Å². The van der Waals surface area contributed by atoms with E-state index in [1.807, 2.05) is 11.8 Å². The van der Waals surface area contributed by atoms with Crippen LogP contribution in [0.4, 0.5) is 0 Å². The van der Waals surface area contributed by atoms with Gasteiger partial charge in [-0.3, -0.25) is 9.59 Å². The van der Waals surface area contributed by atoms with Crippen LogP contribution < -0.4 is 11.1 Å². The van der Waals surface area contributed by atoms with E-state index in [4.69, 9.17) is 5.73 Å².